The zero-order valence-corrected chi connectivity index (χ0v) is 16.6. The van der Waals surface area contributed by atoms with Gasteiger partial charge in [0.2, 0.25) is 0 Å². The SMILES string of the molecule is CCN1CCN(Cc2ccc3c(c2)Cc2ccccc2-3)[C@H]2CS(=O)(=O)C[C@H]21. The lowest BCUT2D eigenvalue weighted by atomic mass is 10.0. The molecule has 27 heavy (non-hydrogen) atoms. The van der Waals surface area contributed by atoms with Crippen molar-refractivity contribution in [1.82, 2.24) is 9.80 Å². The highest BCUT2D eigenvalue weighted by molar-refractivity contribution is 7.91. The zero-order valence-electron chi connectivity index (χ0n) is 15.8. The summed E-state index contributed by atoms with van der Waals surface area (Å²) in [6.45, 7) is 5.82. The van der Waals surface area contributed by atoms with Crippen molar-refractivity contribution in [2.75, 3.05) is 31.1 Å². The van der Waals surface area contributed by atoms with Crippen LogP contribution in [0.3, 0.4) is 0 Å². The van der Waals surface area contributed by atoms with Gasteiger partial charge in [0.25, 0.3) is 0 Å². The van der Waals surface area contributed by atoms with E-state index in [4.69, 9.17) is 0 Å². The molecular formula is C22H26N2O2S. The van der Waals surface area contributed by atoms with E-state index in [2.05, 4.69) is 59.2 Å². The number of likely N-dealkylation sites (N-methyl/N-ethyl adjacent to an activating group) is 1. The van der Waals surface area contributed by atoms with Crippen LogP contribution in [0.5, 0.6) is 0 Å². The average molecular weight is 383 g/mol. The summed E-state index contributed by atoms with van der Waals surface area (Å²) in [4.78, 5) is 4.76. The third-order valence-electron chi connectivity index (χ3n) is 6.56. The monoisotopic (exact) mass is 382 g/mol. The van der Waals surface area contributed by atoms with E-state index in [1.807, 2.05) is 0 Å². The summed E-state index contributed by atoms with van der Waals surface area (Å²) in [6.07, 6.45) is 1.00. The zero-order chi connectivity index (χ0) is 18.6. The van der Waals surface area contributed by atoms with Crippen LogP contribution in [0, 0.1) is 0 Å². The number of rotatable bonds is 3. The number of benzene rings is 2. The second kappa shape index (κ2) is 6.43. The highest BCUT2D eigenvalue weighted by Crippen LogP contribution is 2.37. The van der Waals surface area contributed by atoms with E-state index in [9.17, 15) is 8.42 Å². The molecule has 0 saturated carbocycles. The molecule has 2 aliphatic heterocycles. The van der Waals surface area contributed by atoms with Gasteiger partial charge in [0.05, 0.1) is 11.5 Å². The number of sulfone groups is 1. The van der Waals surface area contributed by atoms with Gasteiger partial charge in [0, 0.05) is 31.7 Å². The lowest BCUT2D eigenvalue weighted by molar-refractivity contribution is 0.0439. The van der Waals surface area contributed by atoms with E-state index in [-0.39, 0.29) is 12.1 Å². The minimum Gasteiger partial charge on any atom is -0.297 e. The highest BCUT2D eigenvalue weighted by atomic mass is 32.2. The quantitative estimate of drug-likeness (QED) is 0.698. The van der Waals surface area contributed by atoms with Gasteiger partial charge in [0.1, 0.15) is 0 Å². The Labute approximate surface area is 161 Å². The van der Waals surface area contributed by atoms with Crippen LogP contribution >= 0.6 is 0 Å². The van der Waals surface area contributed by atoms with Crippen molar-refractivity contribution in [1.29, 1.82) is 0 Å². The van der Waals surface area contributed by atoms with Crippen molar-refractivity contribution in [3.05, 3.63) is 59.2 Å². The van der Waals surface area contributed by atoms with Crippen molar-refractivity contribution < 1.29 is 8.42 Å². The smallest absolute Gasteiger partial charge is 0.153 e. The summed E-state index contributed by atoms with van der Waals surface area (Å²) in [7, 11) is -2.93. The van der Waals surface area contributed by atoms with Gasteiger partial charge in [-0.2, -0.15) is 0 Å². The van der Waals surface area contributed by atoms with E-state index >= 15 is 0 Å². The maximum absolute atomic E-state index is 12.3. The van der Waals surface area contributed by atoms with Gasteiger partial charge >= 0.3 is 0 Å². The van der Waals surface area contributed by atoms with Gasteiger partial charge in [-0.1, -0.05) is 49.4 Å². The van der Waals surface area contributed by atoms with Gasteiger partial charge in [-0.3, -0.25) is 9.80 Å². The maximum Gasteiger partial charge on any atom is 0.153 e. The Morgan fingerprint density at radius 3 is 2.44 bits per heavy atom. The molecule has 2 heterocycles. The number of hydrogen-bond donors (Lipinski definition) is 0. The third kappa shape index (κ3) is 3.02. The molecule has 5 heteroatoms. The molecular weight excluding hydrogens is 356 g/mol. The Hall–Kier alpha value is -1.69. The Bertz CT molecular complexity index is 986. The molecule has 142 valence electrons. The van der Waals surface area contributed by atoms with Crippen LogP contribution in [0.25, 0.3) is 11.1 Å². The van der Waals surface area contributed by atoms with Gasteiger partial charge in [-0.25, -0.2) is 8.42 Å². The minimum absolute atomic E-state index is 0.133. The second-order valence-electron chi connectivity index (χ2n) is 8.14. The van der Waals surface area contributed by atoms with Gasteiger partial charge in [-0.15, -0.1) is 0 Å². The van der Waals surface area contributed by atoms with Crippen molar-refractivity contribution in [3.63, 3.8) is 0 Å². The Morgan fingerprint density at radius 1 is 0.926 bits per heavy atom. The summed E-state index contributed by atoms with van der Waals surface area (Å²) in [6, 6.07) is 15.7. The van der Waals surface area contributed by atoms with Crippen molar-refractivity contribution >= 4 is 9.84 Å². The first-order valence-corrected chi connectivity index (χ1v) is 11.7. The van der Waals surface area contributed by atoms with Crippen LogP contribution in [0.2, 0.25) is 0 Å². The number of nitrogens with zero attached hydrogens (tertiary/aromatic N) is 2. The molecule has 0 unspecified atom stereocenters. The van der Waals surface area contributed by atoms with Crippen LogP contribution in [-0.2, 0) is 22.8 Å². The van der Waals surface area contributed by atoms with E-state index in [0.29, 0.717) is 11.5 Å². The minimum atomic E-state index is -2.93. The molecule has 2 fully saturated rings. The molecule has 2 aromatic rings. The van der Waals surface area contributed by atoms with Gasteiger partial charge in [0.15, 0.2) is 9.84 Å². The topological polar surface area (TPSA) is 40.6 Å². The fourth-order valence-electron chi connectivity index (χ4n) is 5.22. The largest absolute Gasteiger partial charge is 0.297 e. The number of piperazine rings is 1. The fraction of sp³-hybridized carbons (Fsp3) is 0.455. The molecule has 1 aliphatic carbocycles. The van der Waals surface area contributed by atoms with Crippen molar-refractivity contribution in [2.24, 2.45) is 0 Å². The lowest BCUT2D eigenvalue weighted by Crippen LogP contribution is -2.58. The predicted octanol–water partition coefficient (Wildman–Crippen LogP) is 2.56. The van der Waals surface area contributed by atoms with Crippen LogP contribution in [0.15, 0.2) is 42.5 Å². The summed E-state index contributed by atoms with van der Waals surface area (Å²) >= 11 is 0. The van der Waals surface area contributed by atoms with E-state index in [1.165, 1.54) is 27.8 Å². The summed E-state index contributed by atoms with van der Waals surface area (Å²) in [5.41, 5.74) is 6.82. The first kappa shape index (κ1) is 17.4. The van der Waals surface area contributed by atoms with Crippen molar-refractivity contribution in [2.45, 2.75) is 32.0 Å². The Morgan fingerprint density at radius 2 is 1.63 bits per heavy atom. The first-order chi connectivity index (χ1) is 13.0. The third-order valence-corrected chi connectivity index (χ3v) is 8.25. The van der Waals surface area contributed by atoms with Crippen LogP contribution in [0.1, 0.15) is 23.6 Å². The molecule has 4 nitrogen and oxygen atoms in total. The Kier molecular flexibility index (Phi) is 4.15. The first-order valence-electron chi connectivity index (χ1n) is 9.92. The molecule has 0 N–H and O–H groups in total. The van der Waals surface area contributed by atoms with Crippen LogP contribution in [-0.4, -0.2) is 61.4 Å². The number of hydrogen-bond acceptors (Lipinski definition) is 4. The molecule has 0 bridgehead atoms. The van der Waals surface area contributed by atoms with Crippen LogP contribution < -0.4 is 0 Å². The predicted molar refractivity (Wildman–Crippen MR) is 109 cm³/mol. The van der Waals surface area contributed by atoms with Gasteiger partial charge in [-0.05, 0) is 40.8 Å². The second-order valence-corrected chi connectivity index (χ2v) is 10.3. The lowest BCUT2D eigenvalue weighted by Gasteiger charge is -2.43. The van der Waals surface area contributed by atoms with Crippen LogP contribution in [0.4, 0.5) is 0 Å². The molecule has 0 amide bonds. The fourth-order valence-corrected chi connectivity index (χ4v) is 7.26. The molecule has 0 spiro atoms. The molecule has 5 rings (SSSR count). The molecule has 0 aromatic heterocycles. The average Bonchev–Trinajstić information content (AvgIpc) is 3.18. The maximum atomic E-state index is 12.3. The van der Waals surface area contributed by atoms with Gasteiger partial charge < -0.3 is 0 Å². The normalized spacial score (nSPS) is 26.6. The standard InChI is InChI=1S/C22H26N2O2S/c1-2-23-9-10-24(22-15-27(25,26)14-21(22)23)13-16-7-8-20-18(11-16)12-17-5-3-4-6-19(17)20/h3-8,11,21-22H,2,9-10,12-15H2,1H3/t21-,22+/m1/s1. The highest BCUT2D eigenvalue weighted by Gasteiger charge is 2.45. The van der Waals surface area contributed by atoms with Crippen molar-refractivity contribution in [3.8, 4) is 11.1 Å². The molecule has 3 aliphatic rings. The Balaban J connectivity index is 1.39. The van der Waals surface area contributed by atoms with E-state index in [0.717, 1.165) is 32.6 Å². The molecule has 2 aromatic carbocycles. The summed E-state index contributed by atoms with van der Waals surface area (Å²) in [5, 5.41) is 0. The van der Waals surface area contributed by atoms with E-state index < -0.39 is 9.84 Å². The summed E-state index contributed by atoms with van der Waals surface area (Å²) < 4.78 is 24.6. The molecule has 0 radical (unpaired) electrons. The molecule has 2 atom stereocenters. The number of fused-ring (bicyclic) bond motifs is 4. The summed E-state index contributed by atoms with van der Waals surface area (Å²) in [5.74, 6) is 0.631. The van der Waals surface area contributed by atoms with E-state index in [1.54, 1.807) is 0 Å². The molecule has 2 saturated heterocycles.